The number of hydrogen-bond donors (Lipinski definition) is 3. The lowest BCUT2D eigenvalue weighted by molar-refractivity contribution is -0.139. The number of aliphatic carboxylic acids is 1. The Kier molecular flexibility index (Phi) is 4.04. The molecule has 1 aliphatic rings. The van der Waals surface area contributed by atoms with Crippen molar-refractivity contribution < 1.29 is 14.7 Å². The Morgan fingerprint density at radius 2 is 2.26 bits per heavy atom. The second kappa shape index (κ2) is 5.73. The van der Waals surface area contributed by atoms with E-state index in [2.05, 4.69) is 10.6 Å². The summed E-state index contributed by atoms with van der Waals surface area (Å²) in [7, 11) is 0. The van der Waals surface area contributed by atoms with Crippen LogP contribution >= 0.6 is 0 Å². The molecule has 19 heavy (non-hydrogen) atoms. The highest BCUT2D eigenvalue weighted by molar-refractivity contribution is 5.99. The predicted octanol–water partition coefficient (Wildman–Crippen LogP) is 1.64. The van der Waals surface area contributed by atoms with Crippen molar-refractivity contribution in [3.8, 4) is 0 Å². The number of benzene rings is 1. The summed E-state index contributed by atoms with van der Waals surface area (Å²) in [5.74, 6) is -1.31. The summed E-state index contributed by atoms with van der Waals surface area (Å²) < 4.78 is 0. The zero-order valence-corrected chi connectivity index (χ0v) is 10.9. The van der Waals surface area contributed by atoms with Crippen LogP contribution in [0.4, 0.5) is 5.69 Å². The van der Waals surface area contributed by atoms with Gasteiger partial charge in [0.2, 0.25) is 0 Å². The Hall–Kier alpha value is -2.04. The summed E-state index contributed by atoms with van der Waals surface area (Å²) in [5.41, 5.74) is 2.53. The van der Waals surface area contributed by atoms with Gasteiger partial charge >= 0.3 is 5.97 Å². The van der Waals surface area contributed by atoms with Crippen LogP contribution in [0.25, 0.3) is 0 Å². The van der Waals surface area contributed by atoms with Crippen molar-refractivity contribution in [2.45, 2.75) is 32.2 Å². The molecule has 1 amide bonds. The van der Waals surface area contributed by atoms with Crippen LogP contribution in [-0.2, 0) is 11.2 Å². The minimum Gasteiger partial charge on any atom is -0.480 e. The van der Waals surface area contributed by atoms with Crippen LogP contribution in [0.2, 0.25) is 0 Å². The van der Waals surface area contributed by atoms with Crippen LogP contribution < -0.4 is 10.6 Å². The lowest BCUT2D eigenvalue weighted by atomic mass is 9.97. The van der Waals surface area contributed by atoms with E-state index in [1.165, 1.54) is 0 Å². The van der Waals surface area contributed by atoms with E-state index in [0.717, 1.165) is 30.6 Å². The van der Waals surface area contributed by atoms with Crippen LogP contribution in [0.1, 0.15) is 35.7 Å². The number of amides is 1. The molecule has 0 radical (unpaired) electrons. The highest BCUT2D eigenvalue weighted by atomic mass is 16.4. The maximum atomic E-state index is 12.2. The fourth-order valence-corrected chi connectivity index (χ4v) is 2.30. The molecule has 1 aromatic rings. The van der Waals surface area contributed by atoms with Crippen molar-refractivity contribution in [1.29, 1.82) is 0 Å². The molecule has 3 N–H and O–H groups in total. The summed E-state index contributed by atoms with van der Waals surface area (Å²) in [6.45, 7) is 2.64. The third-order valence-electron chi connectivity index (χ3n) is 3.35. The second-order valence-corrected chi connectivity index (χ2v) is 4.63. The average molecular weight is 262 g/mol. The van der Waals surface area contributed by atoms with E-state index < -0.39 is 12.0 Å². The Labute approximate surface area is 112 Å². The molecule has 0 saturated heterocycles. The lowest BCUT2D eigenvalue weighted by Gasteiger charge is -2.21. The number of carboxylic acid groups (broad SMARTS) is 1. The molecule has 1 aliphatic heterocycles. The van der Waals surface area contributed by atoms with Crippen molar-refractivity contribution in [2.24, 2.45) is 0 Å². The van der Waals surface area contributed by atoms with Gasteiger partial charge < -0.3 is 15.7 Å². The number of hydrogen-bond acceptors (Lipinski definition) is 3. The molecule has 1 atom stereocenters. The largest absolute Gasteiger partial charge is 0.480 e. The van der Waals surface area contributed by atoms with Gasteiger partial charge in [0.15, 0.2) is 0 Å². The minimum atomic E-state index is -1.00. The summed E-state index contributed by atoms with van der Waals surface area (Å²) in [6.07, 6.45) is 2.19. The molecule has 0 aromatic heterocycles. The molecule has 0 unspecified atom stereocenters. The fourth-order valence-electron chi connectivity index (χ4n) is 2.30. The quantitative estimate of drug-likeness (QED) is 0.770. The first-order chi connectivity index (χ1) is 9.13. The number of fused-ring (bicyclic) bond motifs is 1. The molecular formula is C14H18N2O3. The molecule has 1 aromatic carbocycles. The third kappa shape index (κ3) is 2.86. The van der Waals surface area contributed by atoms with Crippen LogP contribution in [0.15, 0.2) is 18.2 Å². The molecule has 1 heterocycles. The maximum Gasteiger partial charge on any atom is 0.326 e. The van der Waals surface area contributed by atoms with Crippen molar-refractivity contribution in [3.63, 3.8) is 0 Å². The lowest BCUT2D eigenvalue weighted by Crippen LogP contribution is -2.40. The van der Waals surface area contributed by atoms with Crippen molar-refractivity contribution in [1.82, 2.24) is 5.32 Å². The molecule has 5 nitrogen and oxygen atoms in total. The first-order valence-electron chi connectivity index (χ1n) is 6.53. The van der Waals surface area contributed by atoms with E-state index in [0.29, 0.717) is 12.0 Å². The van der Waals surface area contributed by atoms with Gasteiger partial charge in [-0.25, -0.2) is 4.79 Å². The monoisotopic (exact) mass is 262 g/mol. The smallest absolute Gasteiger partial charge is 0.326 e. The highest BCUT2D eigenvalue weighted by Crippen LogP contribution is 2.25. The van der Waals surface area contributed by atoms with Gasteiger partial charge in [-0.15, -0.1) is 0 Å². The summed E-state index contributed by atoms with van der Waals surface area (Å²) in [6, 6.07) is 4.67. The fraction of sp³-hybridized carbons (Fsp3) is 0.429. The van der Waals surface area contributed by atoms with Gasteiger partial charge in [-0.05, 0) is 37.0 Å². The van der Waals surface area contributed by atoms with Gasteiger partial charge in [-0.2, -0.15) is 0 Å². The molecule has 0 bridgehead atoms. The van der Waals surface area contributed by atoms with E-state index in [4.69, 9.17) is 5.11 Å². The Morgan fingerprint density at radius 3 is 2.95 bits per heavy atom. The Bertz CT molecular complexity index is 499. The molecule has 0 saturated carbocycles. The first kappa shape index (κ1) is 13.4. The Balaban J connectivity index is 2.22. The van der Waals surface area contributed by atoms with Crippen molar-refractivity contribution in [2.75, 3.05) is 11.9 Å². The maximum absolute atomic E-state index is 12.2. The molecule has 5 heteroatoms. The zero-order chi connectivity index (χ0) is 13.8. The molecule has 0 aliphatic carbocycles. The molecule has 0 spiro atoms. The molecule has 2 rings (SSSR count). The van der Waals surface area contributed by atoms with Gasteiger partial charge in [-0.3, -0.25) is 4.79 Å². The van der Waals surface area contributed by atoms with Crippen LogP contribution in [0, 0.1) is 0 Å². The molecular weight excluding hydrogens is 244 g/mol. The van der Waals surface area contributed by atoms with Crippen LogP contribution in [-0.4, -0.2) is 29.6 Å². The van der Waals surface area contributed by atoms with E-state index >= 15 is 0 Å². The highest BCUT2D eigenvalue weighted by Gasteiger charge is 2.22. The number of carbonyl (C=O) groups is 2. The zero-order valence-electron chi connectivity index (χ0n) is 10.9. The van der Waals surface area contributed by atoms with Gasteiger partial charge in [0.05, 0.1) is 0 Å². The number of rotatable bonds is 4. The van der Waals surface area contributed by atoms with Crippen LogP contribution in [0.3, 0.4) is 0 Å². The number of anilines is 1. The summed E-state index contributed by atoms with van der Waals surface area (Å²) in [4.78, 5) is 23.1. The second-order valence-electron chi connectivity index (χ2n) is 4.63. The topological polar surface area (TPSA) is 78.4 Å². The van der Waals surface area contributed by atoms with Gasteiger partial charge in [0, 0.05) is 17.8 Å². The third-order valence-corrected chi connectivity index (χ3v) is 3.35. The van der Waals surface area contributed by atoms with E-state index in [1.807, 2.05) is 12.1 Å². The Morgan fingerprint density at radius 1 is 1.47 bits per heavy atom. The first-order valence-corrected chi connectivity index (χ1v) is 6.53. The number of carbonyl (C=O) groups excluding carboxylic acids is 1. The minimum absolute atomic E-state index is 0.310. The van der Waals surface area contributed by atoms with Crippen molar-refractivity contribution >= 4 is 17.6 Å². The van der Waals surface area contributed by atoms with Crippen LogP contribution in [0.5, 0.6) is 0 Å². The number of nitrogens with one attached hydrogen (secondary N) is 2. The van der Waals surface area contributed by atoms with Gasteiger partial charge in [-0.1, -0.05) is 13.0 Å². The predicted molar refractivity (Wildman–Crippen MR) is 72.4 cm³/mol. The van der Waals surface area contributed by atoms with Gasteiger partial charge in [0.25, 0.3) is 5.91 Å². The number of carboxylic acids is 1. The summed E-state index contributed by atoms with van der Waals surface area (Å²) >= 11 is 0. The molecule has 102 valence electrons. The SMILES string of the molecule is CC[C@H](NC(=O)c1cccc2c1CCCN2)C(=O)O. The van der Waals surface area contributed by atoms with Crippen molar-refractivity contribution in [3.05, 3.63) is 29.3 Å². The average Bonchev–Trinajstić information content (AvgIpc) is 2.43. The van der Waals surface area contributed by atoms with E-state index in [1.54, 1.807) is 13.0 Å². The standard InChI is InChI=1S/C14H18N2O3/c1-2-11(14(18)19)16-13(17)10-5-3-7-12-9(10)6-4-8-15-12/h3,5,7,11,15H,2,4,6,8H2,1H3,(H,16,17)(H,18,19)/t11-/m0/s1. The normalized spacial score (nSPS) is 15.0. The van der Waals surface area contributed by atoms with Gasteiger partial charge in [0.1, 0.15) is 6.04 Å². The summed E-state index contributed by atoms with van der Waals surface area (Å²) in [5, 5.41) is 14.8. The molecule has 0 fully saturated rings. The van der Waals surface area contributed by atoms with E-state index in [9.17, 15) is 9.59 Å². The van der Waals surface area contributed by atoms with E-state index in [-0.39, 0.29) is 5.91 Å².